The van der Waals surface area contributed by atoms with Crippen LogP contribution in [0.1, 0.15) is 22.1 Å². The number of carbonyl (C=O) groups is 1. The standard InChI is InChI=1S/C20H24N2O3S/c1-13-6-5-7-17(14(13)2)21-20(23)22-10-11-26-19(22)16-9-8-15(24-3)12-18(16)25-4/h5-9,12,19H,10-11H2,1-4H3,(H,21,23). The van der Waals surface area contributed by atoms with Gasteiger partial charge < -0.3 is 19.7 Å². The number of anilines is 1. The van der Waals surface area contributed by atoms with E-state index < -0.39 is 0 Å². The molecule has 0 aliphatic carbocycles. The number of ether oxygens (including phenoxy) is 2. The molecule has 1 aliphatic heterocycles. The van der Waals surface area contributed by atoms with Crippen LogP contribution >= 0.6 is 11.8 Å². The lowest BCUT2D eigenvalue weighted by Crippen LogP contribution is -2.34. The lowest BCUT2D eigenvalue weighted by molar-refractivity contribution is 0.213. The Hall–Kier alpha value is -2.34. The van der Waals surface area contributed by atoms with Crippen LogP contribution in [0.25, 0.3) is 0 Å². The normalized spacial score (nSPS) is 16.5. The quantitative estimate of drug-likeness (QED) is 0.852. The highest BCUT2D eigenvalue weighted by Crippen LogP contribution is 2.43. The maximum Gasteiger partial charge on any atom is 0.323 e. The molecule has 0 radical (unpaired) electrons. The Bertz CT molecular complexity index is 810. The molecular weight excluding hydrogens is 348 g/mol. The minimum Gasteiger partial charge on any atom is -0.497 e. The summed E-state index contributed by atoms with van der Waals surface area (Å²) in [5.41, 5.74) is 4.08. The molecular formula is C20H24N2O3S. The number of methoxy groups -OCH3 is 2. The maximum atomic E-state index is 12.9. The fourth-order valence-corrected chi connectivity index (χ4v) is 4.31. The summed E-state index contributed by atoms with van der Waals surface area (Å²) in [7, 11) is 3.26. The first-order chi connectivity index (χ1) is 12.5. The molecule has 3 rings (SSSR count). The molecule has 1 aliphatic rings. The van der Waals surface area contributed by atoms with Crippen LogP contribution in [0.2, 0.25) is 0 Å². The number of carbonyl (C=O) groups excluding carboxylic acids is 1. The minimum atomic E-state index is -0.0911. The number of hydrogen-bond acceptors (Lipinski definition) is 4. The van der Waals surface area contributed by atoms with Crippen molar-refractivity contribution in [3.8, 4) is 11.5 Å². The molecule has 0 saturated carbocycles. The Morgan fingerprint density at radius 2 is 2.00 bits per heavy atom. The van der Waals surface area contributed by atoms with Crippen LogP contribution < -0.4 is 14.8 Å². The number of benzene rings is 2. The second-order valence-corrected chi connectivity index (χ2v) is 7.39. The zero-order valence-corrected chi connectivity index (χ0v) is 16.4. The summed E-state index contributed by atoms with van der Waals surface area (Å²) in [4.78, 5) is 14.8. The zero-order valence-electron chi connectivity index (χ0n) is 15.5. The van der Waals surface area contributed by atoms with Gasteiger partial charge in [0.15, 0.2) is 0 Å². The molecule has 2 amide bonds. The van der Waals surface area contributed by atoms with E-state index >= 15 is 0 Å². The smallest absolute Gasteiger partial charge is 0.323 e. The maximum absolute atomic E-state index is 12.9. The Morgan fingerprint density at radius 3 is 2.73 bits per heavy atom. The number of amides is 2. The van der Waals surface area contributed by atoms with Gasteiger partial charge in [-0.2, -0.15) is 0 Å². The van der Waals surface area contributed by atoms with Crippen molar-refractivity contribution < 1.29 is 14.3 Å². The van der Waals surface area contributed by atoms with Gasteiger partial charge >= 0.3 is 6.03 Å². The number of rotatable bonds is 4. The molecule has 0 aromatic heterocycles. The highest BCUT2D eigenvalue weighted by atomic mass is 32.2. The van der Waals surface area contributed by atoms with Gasteiger partial charge in [-0.15, -0.1) is 11.8 Å². The van der Waals surface area contributed by atoms with Gasteiger partial charge in [0.1, 0.15) is 16.9 Å². The van der Waals surface area contributed by atoms with Crippen molar-refractivity contribution in [1.29, 1.82) is 0 Å². The summed E-state index contributed by atoms with van der Waals surface area (Å²) in [6.45, 7) is 4.76. The van der Waals surface area contributed by atoms with E-state index in [1.54, 1.807) is 26.0 Å². The molecule has 1 atom stereocenters. The van der Waals surface area contributed by atoms with Crippen molar-refractivity contribution in [2.45, 2.75) is 19.2 Å². The fourth-order valence-electron chi connectivity index (χ4n) is 3.03. The Morgan fingerprint density at radius 1 is 1.19 bits per heavy atom. The van der Waals surface area contributed by atoms with E-state index in [0.29, 0.717) is 6.54 Å². The molecule has 1 fully saturated rings. The van der Waals surface area contributed by atoms with E-state index in [4.69, 9.17) is 9.47 Å². The lowest BCUT2D eigenvalue weighted by Gasteiger charge is -2.26. The summed E-state index contributed by atoms with van der Waals surface area (Å²) < 4.78 is 10.8. The number of hydrogen-bond donors (Lipinski definition) is 1. The molecule has 0 bridgehead atoms. The molecule has 1 N–H and O–H groups in total. The van der Waals surface area contributed by atoms with Gasteiger partial charge in [-0.1, -0.05) is 12.1 Å². The van der Waals surface area contributed by atoms with E-state index in [2.05, 4.69) is 5.32 Å². The molecule has 5 nitrogen and oxygen atoms in total. The highest BCUT2D eigenvalue weighted by Gasteiger charge is 2.33. The third-order valence-corrected chi connectivity index (χ3v) is 5.95. The van der Waals surface area contributed by atoms with E-state index in [-0.39, 0.29) is 11.4 Å². The first-order valence-electron chi connectivity index (χ1n) is 8.52. The second kappa shape index (κ2) is 7.91. The first-order valence-corrected chi connectivity index (χ1v) is 9.57. The van der Waals surface area contributed by atoms with Crippen molar-refractivity contribution >= 4 is 23.5 Å². The van der Waals surface area contributed by atoms with Crippen LogP contribution in [0.4, 0.5) is 10.5 Å². The van der Waals surface area contributed by atoms with E-state index in [0.717, 1.165) is 39.6 Å². The highest BCUT2D eigenvalue weighted by molar-refractivity contribution is 7.99. The van der Waals surface area contributed by atoms with Crippen molar-refractivity contribution in [2.24, 2.45) is 0 Å². The van der Waals surface area contributed by atoms with Crippen molar-refractivity contribution in [1.82, 2.24) is 4.90 Å². The molecule has 26 heavy (non-hydrogen) atoms. The number of nitrogens with zero attached hydrogens (tertiary/aromatic N) is 1. The topological polar surface area (TPSA) is 50.8 Å². The Balaban J connectivity index is 1.84. The average molecular weight is 372 g/mol. The van der Waals surface area contributed by atoms with Gasteiger partial charge in [0.25, 0.3) is 0 Å². The van der Waals surface area contributed by atoms with Gasteiger partial charge in [-0.05, 0) is 43.2 Å². The SMILES string of the molecule is COc1ccc(C2SCCN2C(=O)Nc2cccc(C)c2C)c(OC)c1. The summed E-state index contributed by atoms with van der Waals surface area (Å²) in [5, 5.41) is 2.98. The van der Waals surface area contributed by atoms with Gasteiger partial charge in [0.2, 0.25) is 0 Å². The molecule has 1 heterocycles. The van der Waals surface area contributed by atoms with Crippen LogP contribution in [-0.2, 0) is 0 Å². The lowest BCUT2D eigenvalue weighted by atomic mass is 10.1. The first kappa shape index (κ1) is 18.5. The zero-order chi connectivity index (χ0) is 18.7. The molecule has 1 unspecified atom stereocenters. The minimum absolute atomic E-state index is 0.0824. The Kier molecular flexibility index (Phi) is 5.61. The van der Waals surface area contributed by atoms with E-state index in [1.807, 2.05) is 55.1 Å². The number of aryl methyl sites for hydroxylation is 1. The third kappa shape index (κ3) is 3.60. The Labute approximate surface area is 158 Å². The summed E-state index contributed by atoms with van der Waals surface area (Å²) in [5.74, 6) is 2.35. The molecule has 2 aromatic carbocycles. The van der Waals surface area contributed by atoms with Gasteiger partial charge in [-0.3, -0.25) is 0 Å². The van der Waals surface area contributed by atoms with Gasteiger partial charge in [-0.25, -0.2) is 4.79 Å². The van der Waals surface area contributed by atoms with Crippen molar-refractivity contribution in [3.63, 3.8) is 0 Å². The largest absolute Gasteiger partial charge is 0.497 e. The predicted octanol–water partition coefficient (Wildman–Crippen LogP) is 4.60. The molecule has 0 spiro atoms. The average Bonchev–Trinajstić information content (AvgIpc) is 3.14. The van der Waals surface area contributed by atoms with Crippen molar-refractivity contribution in [2.75, 3.05) is 31.8 Å². The molecule has 2 aromatic rings. The molecule has 1 saturated heterocycles. The summed E-state index contributed by atoms with van der Waals surface area (Å²) in [6, 6.07) is 11.6. The second-order valence-electron chi connectivity index (χ2n) is 6.20. The third-order valence-electron chi connectivity index (χ3n) is 4.70. The van der Waals surface area contributed by atoms with E-state index in [9.17, 15) is 4.79 Å². The molecule has 6 heteroatoms. The predicted molar refractivity (Wildman–Crippen MR) is 106 cm³/mol. The number of urea groups is 1. The van der Waals surface area contributed by atoms with Crippen LogP contribution in [0.3, 0.4) is 0 Å². The van der Waals surface area contributed by atoms with Crippen LogP contribution in [-0.4, -0.2) is 37.4 Å². The van der Waals surface area contributed by atoms with Gasteiger partial charge in [0, 0.05) is 29.6 Å². The number of nitrogens with one attached hydrogen (secondary N) is 1. The summed E-state index contributed by atoms with van der Waals surface area (Å²) in [6.07, 6.45) is 0. The monoisotopic (exact) mass is 372 g/mol. The number of thioether (sulfide) groups is 1. The summed E-state index contributed by atoms with van der Waals surface area (Å²) >= 11 is 1.74. The van der Waals surface area contributed by atoms with E-state index in [1.165, 1.54) is 0 Å². The van der Waals surface area contributed by atoms with Crippen LogP contribution in [0, 0.1) is 13.8 Å². The molecule has 138 valence electrons. The van der Waals surface area contributed by atoms with Crippen LogP contribution in [0.5, 0.6) is 11.5 Å². The fraction of sp³-hybridized carbons (Fsp3) is 0.350. The van der Waals surface area contributed by atoms with Gasteiger partial charge in [0.05, 0.1) is 14.2 Å². The van der Waals surface area contributed by atoms with Crippen LogP contribution in [0.15, 0.2) is 36.4 Å². The van der Waals surface area contributed by atoms with Crippen molar-refractivity contribution in [3.05, 3.63) is 53.1 Å².